The maximum atomic E-state index is 13.1. The molecule has 1 heterocycles. The summed E-state index contributed by atoms with van der Waals surface area (Å²) in [6.07, 6.45) is 1.00. The minimum atomic E-state index is -3.35. The molecule has 0 bridgehead atoms. The smallest absolute Gasteiger partial charge is 0.257 e. The van der Waals surface area contributed by atoms with Crippen molar-refractivity contribution >= 4 is 39.6 Å². The van der Waals surface area contributed by atoms with Crippen LogP contribution in [-0.4, -0.2) is 58.7 Å². The molecule has 2 aromatic carbocycles. The summed E-state index contributed by atoms with van der Waals surface area (Å²) in [6, 6.07) is 10.7. The van der Waals surface area contributed by atoms with Crippen LogP contribution >= 0.6 is 18.7 Å². The maximum Gasteiger partial charge on any atom is 0.257 e. The van der Waals surface area contributed by atoms with Crippen molar-refractivity contribution in [1.29, 1.82) is 0 Å². The third-order valence-electron chi connectivity index (χ3n) is 4.99. The van der Waals surface area contributed by atoms with Crippen molar-refractivity contribution in [3.63, 3.8) is 0 Å². The summed E-state index contributed by atoms with van der Waals surface area (Å²) in [5.74, 6) is 0.632. The van der Waals surface area contributed by atoms with Gasteiger partial charge in [0, 0.05) is 37.0 Å². The molecular formula is C25H31N2O8PS2. The molecule has 0 spiro atoms. The molecule has 1 amide bonds. The first-order chi connectivity index (χ1) is 17.9. The van der Waals surface area contributed by atoms with Gasteiger partial charge in [-0.3, -0.25) is 14.7 Å². The molecule has 0 saturated heterocycles. The largest absolute Gasteiger partial charge is 0.488 e. The molecule has 0 aliphatic carbocycles. The van der Waals surface area contributed by atoms with Gasteiger partial charge in [0.05, 0.1) is 30.0 Å². The van der Waals surface area contributed by atoms with Gasteiger partial charge in [-0.05, 0) is 50.2 Å². The number of carbonyl (C=O) groups excluding carboxylic acids is 1. The predicted octanol–water partition coefficient (Wildman–Crippen LogP) is 5.45. The lowest BCUT2D eigenvalue weighted by Crippen LogP contribution is -2.18. The van der Waals surface area contributed by atoms with Gasteiger partial charge in [-0.25, -0.2) is 13.4 Å². The van der Waals surface area contributed by atoms with Gasteiger partial charge < -0.3 is 18.7 Å². The Labute approximate surface area is 226 Å². The van der Waals surface area contributed by atoms with Crippen molar-refractivity contribution in [2.24, 2.45) is 0 Å². The van der Waals surface area contributed by atoms with Gasteiger partial charge >= 0.3 is 0 Å². The van der Waals surface area contributed by atoms with Crippen LogP contribution in [0.5, 0.6) is 17.2 Å². The molecule has 0 radical (unpaired) electrons. The number of hydrogen-bond acceptors (Lipinski definition) is 10. The van der Waals surface area contributed by atoms with Gasteiger partial charge in [-0.15, -0.1) is 11.3 Å². The molecule has 10 nitrogen and oxygen atoms in total. The second-order valence-electron chi connectivity index (χ2n) is 8.61. The molecule has 0 aliphatic heterocycles. The fraction of sp³-hybridized carbons (Fsp3) is 0.360. The number of amides is 1. The van der Waals surface area contributed by atoms with Crippen molar-refractivity contribution in [1.82, 2.24) is 4.98 Å². The fourth-order valence-electron chi connectivity index (χ4n) is 3.44. The quantitative estimate of drug-likeness (QED) is 0.262. The molecular weight excluding hydrogens is 551 g/mol. The Balaban J connectivity index is 1.83. The molecule has 3 rings (SSSR count). The standard InChI is InChI=1S/C25H31N2O8PS2/c1-6-33-36(4,29)15-19-16-37-25(26-19)27-24(28)18-11-21(34-17(2)14-32-3)13-22(12-18)35-20-7-9-23(10-8-20)38(5,30)31/h7-13,16-17H,6,14-15H2,1-5H3,(H,26,27,28)/t17-,36?/m0/s1. The van der Waals surface area contributed by atoms with Crippen LogP contribution in [0.1, 0.15) is 29.9 Å². The van der Waals surface area contributed by atoms with Crippen LogP contribution in [0.4, 0.5) is 5.13 Å². The van der Waals surface area contributed by atoms with Crippen molar-refractivity contribution in [2.45, 2.75) is 31.0 Å². The highest BCUT2D eigenvalue weighted by Gasteiger charge is 2.19. The van der Waals surface area contributed by atoms with E-state index in [1.165, 1.54) is 41.7 Å². The van der Waals surface area contributed by atoms with E-state index in [0.29, 0.717) is 41.3 Å². The van der Waals surface area contributed by atoms with Crippen molar-refractivity contribution in [3.05, 3.63) is 59.1 Å². The molecule has 1 aromatic heterocycles. The van der Waals surface area contributed by atoms with Crippen molar-refractivity contribution in [2.75, 3.05) is 38.6 Å². The van der Waals surface area contributed by atoms with Gasteiger partial charge in [0.15, 0.2) is 15.0 Å². The van der Waals surface area contributed by atoms with Gasteiger partial charge in [-0.2, -0.15) is 0 Å². The number of sulfone groups is 1. The average molecular weight is 583 g/mol. The van der Waals surface area contributed by atoms with Crippen LogP contribution < -0.4 is 14.8 Å². The molecule has 3 aromatic rings. The summed E-state index contributed by atoms with van der Waals surface area (Å²) in [5.41, 5.74) is 0.818. The molecule has 206 valence electrons. The number of thiazole rings is 1. The van der Waals surface area contributed by atoms with E-state index in [9.17, 15) is 17.8 Å². The Kier molecular flexibility index (Phi) is 10.1. The van der Waals surface area contributed by atoms with E-state index in [2.05, 4.69) is 10.3 Å². The van der Waals surface area contributed by atoms with Crippen LogP contribution in [0.3, 0.4) is 0 Å². The van der Waals surface area contributed by atoms with Gasteiger partial charge in [-0.1, -0.05) is 0 Å². The number of benzene rings is 2. The first-order valence-corrected chi connectivity index (χ1v) is 16.7. The average Bonchev–Trinajstić information content (AvgIpc) is 3.24. The summed E-state index contributed by atoms with van der Waals surface area (Å²) in [6.45, 7) is 5.84. The second-order valence-corrected chi connectivity index (χ2v) is 14.1. The van der Waals surface area contributed by atoms with Crippen LogP contribution in [0, 0.1) is 0 Å². The second kappa shape index (κ2) is 12.9. The van der Waals surface area contributed by atoms with Gasteiger partial charge in [0.25, 0.3) is 5.91 Å². The highest BCUT2D eigenvalue weighted by atomic mass is 32.2. The summed E-state index contributed by atoms with van der Waals surface area (Å²) in [5, 5.41) is 4.83. The van der Waals surface area contributed by atoms with Gasteiger partial charge in [0.1, 0.15) is 23.4 Å². The number of aromatic nitrogens is 1. The van der Waals surface area contributed by atoms with E-state index in [-0.39, 0.29) is 22.7 Å². The fourth-order valence-corrected chi connectivity index (χ4v) is 6.29. The Bertz CT molecular complexity index is 1410. The summed E-state index contributed by atoms with van der Waals surface area (Å²) >= 11 is 1.22. The molecule has 38 heavy (non-hydrogen) atoms. The Morgan fingerprint density at radius 1 is 1.13 bits per heavy atom. The van der Waals surface area contributed by atoms with Crippen molar-refractivity contribution < 1.29 is 36.5 Å². The monoisotopic (exact) mass is 582 g/mol. The lowest BCUT2D eigenvalue weighted by molar-refractivity contribution is 0.0916. The lowest BCUT2D eigenvalue weighted by Gasteiger charge is -2.16. The highest BCUT2D eigenvalue weighted by Crippen LogP contribution is 2.46. The third-order valence-corrected chi connectivity index (χ3v) is 8.63. The zero-order chi connectivity index (χ0) is 27.9. The van der Waals surface area contributed by atoms with E-state index in [1.54, 1.807) is 38.2 Å². The van der Waals surface area contributed by atoms with Crippen LogP contribution in [-0.2, 0) is 29.8 Å². The molecule has 0 aliphatic rings. The molecule has 2 atom stereocenters. The number of rotatable bonds is 13. The van der Waals surface area contributed by atoms with E-state index < -0.39 is 23.1 Å². The van der Waals surface area contributed by atoms with E-state index in [4.69, 9.17) is 18.7 Å². The normalized spacial score (nSPS) is 13.9. The number of hydrogen-bond donors (Lipinski definition) is 1. The zero-order valence-electron chi connectivity index (χ0n) is 21.8. The number of anilines is 1. The van der Waals surface area contributed by atoms with Crippen LogP contribution in [0.25, 0.3) is 0 Å². The predicted molar refractivity (Wildman–Crippen MR) is 147 cm³/mol. The summed E-state index contributed by atoms with van der Waals surface area (Å²) < 4.78 is 58.2. The minimum Gasteiger partial charge on any atom is -0.488 e. The summed E-state index contributed by atoms with van der Waals surface area (Å²) in [4.78, 5) is 17.6. The zero-order valence-corrected chi connectivity index (χ0v) is 24.3. The van der Waals surface area contributed by atoms with Crippen LogP contribution in [0.2, 0.25) is 0 Å². The lowest BCUT2D eigenvalue weighted by atomic mass is 10.2. The Hall–Kier alpha value is -2.76. The molecule has 13 heteroatoms. The molecule has 0 fully saturated rings. The Morgan fingerprint density at radius 2 is 1.82 bits per heavy atom. The number of methoxy groups -OCH3 is 1. The maximum absolute atomic E-state index is 13.1. The Morgan fingerprint density at radius 3 is 2.45 bits per heavy atom. The number of ether oxygens (including phenoxy) is 3. The van der Waals surface area contributed by atoms with E-state index >= 15 is 0 Å². The van der Waals surface area contributed by atoms with E-state index in [0.717, 1.165) is 6.26 Å². The topological polar surface area (TPSA) is 130 Å². The first kappa shape index (κ1) is 29.8. The third kappa shape index (κ3) is 8.92. The molecule has 0 saturated carbocycles. The molecule has 1 unspecified atom stereocenters. The SMILES string of the molecule is CCOP(C)(=O)Cc1csc(NC(=O)c2cc(Oc3ccc(S(C)(=O)=O)cc3)cc(O[C@@H](C)COC)c2)n1. The highest BCUT2D eigenvalue weighted by molar-refractivity contribution is 7.90. The van der Waals surface area contributed by atoms with Gasteiger partial charge in [0.2, 0.25) is 7.37 Å². The number of nitrogens with one attached hydrogen (secondary N) is 1. The van der Waals surface area contributed by atoms with Crippen molar-refractivity contribution in [3.8, 4) is 17.2 Å². The minimum absolute atomic E-state index is 0.166. The number of carbonyl (C=O) groups is 1. The summed E-state index contributed by atoms with van der Waals surface area (Å²) in [7, 11) is -4.60. The first-order valence-electron chi connectivity index (χ1n) is 11.6. The number of nitrogens with zero attached hydrogens (tertiary/aromatic N) is 1. The van der Waals surface area contributed by atoms with Crippen LogP contribution in [0.15, 0.2) is 52.7 Å². The van der Waals surface area contributed by atoms with E-state index in [1.807, 2.05) is 6.92 Å². The molecule has 1 N–H and O–H groups in total.